The first-order valence-corrected chi connectivity index (χ1v) is 7.89. The monoisotopic (exact) mass is 363 g/mol. The van der Waals surface area contributed by atoms with Gasteiger partial charge in [0.05, 0.1) is 17.7 Å². The molecule has 2 unspecified atom stereocenters. The SMILES string of the molecule is CC(=O)ON1C(C)(C)CC(CO[N+](=O)[O-])CC(CO[N+](=O)[O-])C1(C)C. The van der Waals surface area contributed by atoms with E-state index in [1.165, 1.54) is 12.0 Å². The van der Waals surface area contributed by atoms with Crippen LogP contribution in [0.15, 0.2) is 0 Å². The molecule has 0 bridgehead atoms. The van der Waals surface area contributed by atoms with Crippen molar-refractivity contribution in [2.45, 2.75) is 58.5 Å². The average molecular weight is 363 g/mol. The van der Waals surface area contributed by atoms with Gasteiger partial charge in [0.15, 0.2) is 0 Å². The van der Waals surface area contributed by atoms with Crippen LogP contribution < -0.4 is 0 Å². The quantitative estimate of drug-likeness (QED) is 0.489. The lowest BCUT2D eigenvalue weighted by molar-refractivity contribution is -0.760. The Labute approximate surface area is 145 Å². The minimum absolute atomic E-state index is 0.143. The molecule has 0 saturated carbocycles. The van der Waals surface area contributed by atoms with Gasteiger partial charge in [-0.05, 0) is 46.5 Å². The fourth-order valence-corrected chi connectivity index (χ4v) is 3.60. The molecule has 1 fully saturated rings. The summed E-state index contributed by atoms with van der Waals surface area (Å²) in [5.41, 5.74) is -1.46. The Bertz CT molecular complexity index is 522. The van der Waals surface area contributed by atoms with E-state index in [1.54, 1.807) is 13.8 Å². The highest BCUT2D eigenvalue weighted by Gasteiger charge is 2.50. The Morgan fingerprint density at radius 3 is 2.12 bits per heavy atom. The lowest BCUT2D eigenvalue weighted by Gasteiger charge is -2.47. The van der Waals surface area contributed by atoms with Crippen LogP contribution in [0.2, 0.25) is 0 Å². The second kappa shape index (κ2) is 7.81. The summed E-state index contributed by atoms with van der Waals surface area (Å²) in [5, 5.41) is 20.9. The highest BCUT2D eigenvalue weighted by atomic mass is 17.0. The summed E-state index contributed by atoms with van der Waals surface area (Å²) >= 11 is 0. The lowest BCUT2D eigenvalue weighted by Crippen LogP contribution is -2.58. The number of carbonyl (C=O) groups is 1. The molecule has 144 valence electrons. The Morgan fingerprint density at radius 2 is 1.64 bits per heavy atom. The molecular weight excluding hydrogens is 338 g/mol. The van der Waals surface area contributed by atoms with Gasteiger partial charge in [0.1, 0.15) is 6.61 Å². The van der Waals surface area contributed by atoms with Gasteiger partial charge in [-0.15, -0.1) is 25.3 Å². The van der Waals surface area contributed by atoms with Gasteiger partial charge in [-0.25, -0.2) is 0 Å². The summed E-state index contributed by atoms with van der Waals surface area (Å²) in [6.07, 6.45) is 0.822. The summed E-state index contributed by atoms with van der Waals surface area (Å²) in [4.78, 5) is 47.1. The van der Waals surface area contributed by atoms with Crippen molar-refractivity contribution in [2.24, 2.45) is 11.8 Å². The van der Waals surface area contributed by atoms with Crippen LogP contribution in [0.5, 0.6) is 0 Å². The highest BCUT2D eigenvalue weighted by molar-refractivity contribution is 5.65. The molecule has 11 heteroatoms. The maximum absolute atomic E-state index is 11.6. The fourth-order valence-electron chi connectivity index (χ4n) is 3.60. The molecule has 0 aliphatic carbocycles. The van der Waals surface area contributed by atoms with Crippen LogP contribution >= 0.6 is 0 Å². The minimum Gasteiger partial charge on any atom is -0.367 e. The van der Waals surface area contributed by atoms with Gasteiger partial charge < -0.3 is 14.5 Å². The molecule has 0 aromatic rings. The molecule has 0 spiro atoms. The van der Waals surface area contributed by atoms with E-state index < -0.39 is 33.1 Å². The van der Waals surface area contributed by atoms with Gasteiger partial charge in [0.25, 0.3) is 10.2 Å². The van der Waals surface area contributed by atoms with E-state index in [1.807, 2.05) is 13.8 Å². The van der Waals surface area contributed by atoms with Gasteiger partial charge in [0, 0.05) is 12.8 Å². The van der Waals surface area contributed by atoms with E-state index in [0.717, 1.165) is 0 Å². The van der Waals surface area contributed by atoms with Crippen molar-refractivity contribution in [3.63, 3.8) is 0 Å². The molecule has 1 heterocycles. The predicted molar refractivity (Wildman–Crippen MR) is 83.9 cm³/mol. The van der Waals surface area contributed by atoms with Crippen LogP contribution in [0, 0.1) is 32.1 Å². The minimum atomic E-state index is -0.884. The second-order valence-electron chi connectivity index (χ2n) is 7.38. The van der Waals surface area contributed by atoms with Crippen molar-refractivity contribution in [1.29, 1.82) is 0 Å². The van der Waals surface area contributed by atoms with Crippen molar-refractivity contribution in [2.75, 3.05) is 13.2 Å². The molecule has 0 N–H and O–H groups in total. The van der Waals surface area contributed by atoms with E-state index in [4.69, 9.17) is 4.84 Å². The molecular formula is C14H25N3O8. The van der Waals surface area contributed by atoms with Crippen LogP contribution in [0.4, 0.5) is 0 Å². The first kappa shape index (κ1) is 20.9. The molecule has 1 aliphatic heterocycles. The largest absolute Gasteiger partial charge is 0.367 e. The van der Waals surface area contributed by atoms with E-state index in [0.29, 0.717) is 12.8 Å². The third-order valence-electron chi connectivity index (χ3n) is 4.49. The predicted octanol–water partition coefficient (Wildman–Crippen LogP) is 1.77. The van der Waals surface area contributed by atoms with Crippen molar-refractivity contribution >= 4 is 5.97 Å². The van der Waals surface area contributed by atoms with Crippen LogP contribution in [-0.2, 0) is 19.3 Å². The maximum Gasteiger partial charge on any atom is 0.322 e. The molecule has 2 atom stereocenters. The normalized spacial score (nSPS) is 25.5. The van der Waals surface area contributed by atoms with Gasteiger partial charge in [0.2, 0.25) is 0 Å². The van der Waals surface area contributed by atoms with Crippen LogP contribution in [-0.4, -0.2) is 45.5 Å². The van der Waals surface area contributed by atoms with Gasteiger partial charge in [-0.2, -0.15) is 0 Å². The third-order valence-corrected chi connectivity index (χ3v) is 4.49. The van der Waals surface area contributed by atoms with E-state index in [-0.39, 0.29) is 19.1 Å². The summed E-state index contributed by atoms with van der Waals surface area (Å²) < 4.78 is 0. The number of hydrogen-bond donors (Lipinski definition) is 0. The molecule has 1 aliphatic rings. The standard InChI is InChI=1S/C14H25N3O8/c1-10(18)25-15-13(2,3)7-11(8-23-16(19)20)6-12(14(15,4)5)9-24-17(21)22/h11-12H,6-9H2,1-5H3. The summed E-state index contributed by atoms with van der Waals surface area (Å²) in [6.45, 7) is 8.18. The van der Waals surface area contributed by atoms with Gasteiger partial charge >= 0.3 is 5.97 Å². The first-order chi connectivity index (χ1) is 11.4. The smallest absolute Gasteiger partial charge is 0.322 e. The Morgan fingerprint density at radius 1 is 1.12 bits per heavy atom. The summed E-state index contributed by atoms with van der Waals surface area (Å²) in [7, 11) is 0. The molecule has 0 aromatic heterocycles. The number of nitrogens with zero attached hydrogens (tertiary/aromatic N) is 3. The number of carbonyl (C=O) groups excluding carboxylic acids is 1. The lowest BCUT2D eigenvalue weighted by atomic mass is 9.82. The van der Waals surface area contributed by atoms with Crippen molar-refractivity contribution in [3.8, 4) is 0 Å². The van der Waals surface area contributed by atoms with Crippen LogP contribution in [0.25, 0.3) is 0 Å². The van der Waals surface area contributed by atoms with Crippen LogP contribution in [0.3, 0.4) is 0 Å². The van der Waals surface area contributed by atoms with Gasteiger partial charge in [-0.1, -0.05) is 0 Å². The number of hydrogen-bond acceptors (Lipinski definition) is 9. The van der Waals surface area contributed by atoms with E-state index >= 15 is 0 Å². The second-order valence-corrected chi connectivity index (χ2v) is 7.38. The number of rotatable bonds is 7. The molecule has 0 amide bonds. The van der Waals surface area contributed by atoms with E-state index in [2.05, 4.69) is 9.68 Å². The molecule has 11 nitrogen and oxygen atoms in total. The van der Waals surface area contributed by atoms with Crippen molar-refractivity contribution in [3.05, 3.63) is 20.2 Å². The topological polar surface area (TPSA) is 134 Å². The molecule has 0 aromatic carbocycles. The van der Waals surface area contributed by atoms with E-state index in [9.17, 15) is 25.0 Å². The highest BCUT2D eigenvalue weighted by Crippen LogP contribution is 2.43. The molecule has 1 saturated heterocycles. The average Bonchev–Trinajstić information content (AvgIpc) is 2.50. The molecule has 25 heavy (non-hydrogen) atoms. The van der Waals surface area contributed by atoms with Crippen molar-refractivity contribution < 1.29 is 29.5 Å². The molecule has 0 radical (unpaired) electrons. The van der Waals surface area contributed by atoms with Gasteiger partial charge in [-0.3, -0.25) is 4.79 Å². The Hall–Kier alpha value is -2.17. The zero-order chi connectivity index (χ0) is 19.4. The Kier molecular flexibility index (Phi) is 6.52. The van der Waals surface area contributed by atoms with Crippen molar-refractivity contribution in [1.82, 2.24) is 5.06 Å². The fraction of sp³-hybridized carbons (Fsp3) is 0.929. The van der Waals surface area contributed by atoms with Crippen LogP contribution in [0.1, 0.15) is 47.5 Å². The zero-order valence-corrected chi connectivity index (χ0v) is 15.1. The summed E-state index contributed by atoms with van der Waals surface area (Å²) in [6, 6.07) is 0. The third kappa shape index (κ3) is 5.69. The first-order valence-electron chi connectivity index (χ1n) is 7.89. The summed E-state index contributed by atoms with van der Waals surface area (Å²) in [5.74, 6) is -1.20. The Balaban J connectivity index is 3.15. The maximum atomic E-state index is 11.6. The number of hydroxylamine groups is 2. The zero-order valence-electron chi connectivity index (χ0n) is 15.1. The molecule has 1 rings (SSSR count).